The summed E-state index contributed by atoms with van der Waals surface area (Å²) < 4.78 is 4.97. The average Bonchev–Trinajstić information content (AvgIpc) is 2.73. The summed E-state index contributed by atoms with van der Waals surface area (Å²) in [5.41, 5.74) is -0.319. The zero-order valence-electron chi connectivity index (χ0n) is 12.1. The lowest BCUT2D eigenvalue weighted by atomic mass is 10.1. The number of hydrogen-bond acceptors (Lipinski definition) is 4. The Kier molecular flexibility index (Phi) is 5.46. The van der Waals surface area contributed by atoms with Crippen molar-refractivity contribution < 1.29 is 19.1 Å². The van der Waals surface area contributed by atoms with Crippen molar-refractivity contribution in [3.8, 4) is 0 Å². The van der Waals surface area contributed by atoms with Gasteiger partial charge >= 0.3 is 5.97 Å². The van der Waals surface area contributed by atoms with Crippen LogP contribution < -0.4 is 0 Å². The van der Waals surface area contributed by atoms with Gasteiger partial charge in [0.1, 0.15) is 6.54 Å². The predicted molar refractivity (Wildman–Crippen MR) is 87.6 cm³/mol. The summed E-state index contributed by atoms with van der Waals surface area (Å²) in [6, 6.07) is 0. The van der Waals surface area contributed by atoms with E-state index in [1.54, 1.807) is 0 Å². The fraction of sp³-hybridized carbons (Fsp3) is 0.357. The van der Waals surface area contributed by atoms with E-state index < -0.39 is 24.3 Å². The number of ether oxygens (including phenoxy) is 1. The SMILES string of the molecule is CC(C)COC(=O)CN1C(=O)c2c(Cl)c(Cl)c(Cl)c(Cl)c2C1=O. The molecule has 0 spiro atoms. The first-order chi connectivity index (χ1) is 10.7. The van der Waals surface area contributed by atoms with Crippen molar-refractivity contribution in [2.45, 2.75) is 13.8 Å². The van der Waals surface area contributed by atoms with E-state index in [1.165, 1.54) is 0 Å². The Morgan fingerprint density at radius 2 is 1.39 bits per heavy atom. The molecule has 124 valence electrons. The lowest BCUT2D eigenvalue weighted by Crippen LogP contribution is -2.36. The lowest BCUT2D eigenvalue weighted by molar-refractivity contribution is -0.144. The molecule has 1 heterocycles. The normalized spacial score (nSPS) is 13.8. The Bertz CT molecular complexity index is 670. The molecule has 0 aromatic heterocycles. The molecule has 5 nitrogen and oxygen atoms in total. The molecule has 1 aromatic rings. The fourth-order valence-corrected chi connectivity index (χ4v) is 2.99. The highest BCUT2D eigenvalue weighted by Crippen LogP contribution is 2.44. The zero-order chi connectivity index (χ0) is 17.5. The highest BCUT2D eigenvalue weighted by molar-refractivity contribution is 6.55. The maximum atomic E-state index is 12.4. The minimum absolute atomic E-state index is 0.123. The molecule has 0 radical (unpaired) electrons. The second-order valence-corrected chi connectivity index (χ2v) is 6.79. The van der Waals surface area contributed by atoms with E-state index in [4.69, 9.17) is 51.1 Å². The second-order valence-electron chi connectivity index (χ2n) is 5.28. The summed E-state index contributed by atoms with van der Waals surface area (Å²) in [6.07, 6.45) is 0. The standard InChI is InChI=1S/C14H11Cl4NO4/c1-5(2)4-23-6(20)3-19-13(21)7-8(14(19)22)10(16)12(18)11(17)9(7)15/h5H,3-4H2,1-2H3. The molecule has 9 heteroatoms. The summed E-state index contributed by atoms with van der Waals surface area (Å²) in [5, 5.41) is -0.593. The molecule has 0 saturated carbocycles. The van der Waals surface area contributed by atoms with Gasteiger partial charge in [0.2, 0.25) is 0 Å². The van der Waals surface area contributed by atoms with Crippen molar-refractivity contribution in [2.24, 2.45) is 5.92 Å². The molecule has 1 aromatic carbocycles. The first-order valence-electron chi connectivity index (χ1n) is 6.54. The van der Waals surface area contributed by atoms with Crippen LogP contribution in [0.15, 0.2) is 0 Å². The van der Waals surface area contributed by atoms with Gasteiger partial charge in [0.15, 0.2) is 0 Å². The summed E-state index contributed by atoms with van der Waals surface area (Å²) in [4.78, 5) is 37.2. The van der Waals surface area contributed by atoms with E-state index in [-0.39, 0.29) is 43.7 Å². The summed E-state index contributed by atoms with van der Waals surface area (Å²) in [6.45, 7) is 3.36. The molecule has 0 N–H and O–H groups in total. The minimum atomic E-state index is -0.767. The highest BCUT2D eigenvalue weighted by atomic mass is 35.5. The van der Waals surface area contributed by atoms with E-state index >= 15 is 0 Å². The maximum absolute atomic E-state index is 12.4. The number of hydrogen-bond donors (Lipinski definition) is 0. The minimum Gasteiger partial charge on any atom is -0.464 e. The van der Waals surface area contributed by atoms with E-state index in [1.807, 2.05) is 13.8 Å². The Morgan fingerprint density at radius 3 is 1.78 bits per heavy atom. The molecule has 0 atom stereocenters. The number of amides is 2. The number of carbonyl (C=O) groups excluding carboxylic acids is 3. The van der Waals surface area contributed by atoms with E-state index in [0.717, 1.165) is 0 Å². The monoisotopic (exact) mass is 397 g/mol. The van der Waals surface area contributed by atoms with Crippen LogP contribution in [0, 0.1) is 5.92 Å². The third kappa shape index (κ3) is 3.29. The molecule has 0 fully saturated rings. The van der Waals surface area contributed by atoms with Crippen LogP contribution in [0.5, 0.6) is 0 Å². The van der Waals surface area contributed by atoms with Gasteiger partial charge in [-0.3, -0.25) is 19.3 Å². The lowest BCUT2D eigenvalue weighted by Gasteiger charge is -2.13. The molecule has 23 heavy (non-hydrogen) atoms. The summed E-state index contributed by atoms with van der Waals surface area (Å²) >= 11 is 23.8. The first kappa shape index (κ1) is 18.3. The number of fused-ring (bicyclic) bond motifs is 1. The molecule has 0 saturated heterocycles. The van der Waals surface area contributed by atoms with Crippen LogP contribution >= 0.6 is 46.4 Å². The topological polar surface area (TPSA) is 63.7 Å². The van der Waals surface area contributed by atoms with Crippen LogP contribution in [-0.2, 0) is 9.53 Å². The molecule has 2 rings (SSSR count). The Labute approximate surface area is 152 Å². The molecule has 0 aliphatic carbocycles. The number of carbonyl (C=O) groups is 3. The van der Waals surface area contributed by atoms with Gasteiger partial charge in [-0.2, -0.15) is 0 Å². The summed E-state index contributed by atoms with van der Waals surface area (Å²) in [7, 11) is 0. The van der Waals surface area contributed by atoms with Crippen LogP contribution in [0.4, 0.5) is 0 Å². The Morgan fingerprint density at radius 1 is 0.957 bits per heavy atom. The predicted octanol–water partition coefficient (Wildman–Crippen LogP) is 4.10. The fourth-order valence-electron chi connectivity index (χ4n) is 1.97. The number of esters is 1. The summed E-state index contributed by atoms with van der Waals surface area (Å²) in [5.74, 6) is -2.12. The van der Waals surface area contributed by atoms with Gasteiger partial charge in [-0.1, -0.05) is 60.3 Å². The van der Waals surface area contributed by atoms with Crippen LogP contribution in [0.2, 0.25) is 20.1 Å². The molecule has 2 amide bonds. The quantitative estimate of drug-likeness (QED) is 0.331. The number of benzene rings is 1. The molecular formula is C14H11Cl4NO4. The molecule has 0 bridgehead atoms. The molecule has 0 unspecified atom stereocenters. The van der Waals surface area contributed by atoms with Gasteiger partial charge in [-0.25, -0.2) is 0 Å². The Hall–Kier alpha value is -1.01. The third-order valence-electron chi connectivity index (χ3n) is 3.05. The van der Waals surface area contributed by atoms with Crippen LogP contribution in [0.25, 0.3) is 0 Å². The number of imide groups is 1. The van der Waals surface area contributed by atoms with Crippen molar-refractivity contribution in [1.29, 1.82) is 0 Å². The van der Waals surface area contributed by atoms with Gasteiger partial charge in [0.05, 0.1) is 37.8 Å². The highest BCUT2D eigenvalue weighted by Gasteiger charge is 2.42. The van der Waals surface area contributed by atoms with Crippen molar-refractivity contribution in [1.82, 2.24) is 4.90 Å². The van der Waals surface area contributed by atoms with E-state index in [0.29, 0.717) is 4.90 Å². The molecule has 1 aliphatic heterocycles. The van der Waals surface area contributed by atoms with Crippen molar-refractivity contribution in [3.05, 3.63) is 31.2 Å². The van der Waals surface area contributed by atoms with Gasteiger partial charge in [0, 0.05) is 0 Å². The second kappa shape index (κ2) is 6.85. The van der Waals surface area contributed by atoms with E-state index in [9.17, 15) is 14.4 Å². The van der Waals surface area contributed by atoms with E-state index in [2.05, 4.69) is 0 Å². The van der Waals surface area contributed by atoms with Crippen LogP contribution in [0.1, 0.15) is 34.6 Å². The Balaban J connectivity index is 2.33. The van der Waals surface area contributed by atoms with Crippen LogP contribution in [-0.4, -0.2) is 35.8 Å². The largest absolute Gasteiger partial charge is 0.464 e. The molecule has 1 aliphatic rings. The smallest absolute Gasteiger partial charge is 0.326 e. The number of halogens is 4. The van der Waals surface area contributed by atoms with Gasteiger partial charge < -0.3 is 4.74 Å². The third-order valence-corrected chi connectivity index (χ3v) is 4.85. The van der Waals surface area contributed by atoms with Crippen LogP contribution in [0.3, 0.4) is 0 Å². The van der Waals surface area contributed by atoms with Gasteiger partial charge in [-0.15, -0.1) is 0 Å². The first-order valence-corrected chi connectivity index (χ1v) is 8.05. The van der Waals surface area contributed by atoms with Crippen molar-refractivity contribution in [3.63, 3.8) is 0 Å². The van der Waals surface area contributed by atoms with Crippen molar-refractivity contribution in [2.75, 3.05) is 13.2 Å². The van der Waals surface area contributed by atoms with Gasteiger partial charge in [-0.05, 0) is 5.92 Å². The number of nitrogens with zero attached hydrogens (tertiary/aromatic N) is 1. The zero-order valence-corrected chi connectivity index (χ0v) is 15.1. The van der Waals surface area contributed by atoms with Gasteiger partial charge in [0.25, 0.3) is 11.8 Å². The number of rotatable bonds is 4. The average molecular weight is 399 g/mol. The molecular weight excluding hydrogens is 388 g/mol. The van der Waals surface area contributed by atoms with Crippen molar-refractivity contribution >= 4 is 64.2 Å². The maximum Gasteiger partial charge on any atom is 0.326 e.